The molecule has 1 aromatic heterocycles. The summed E-state index contributed by atoms with van der Waals surface area (Å²) in [6, 6.07) is 0. The van der Waals surface area contributed by atoms with Crippen LogP contribution in [-0.4, -0.2) is 34.1 Å². The Hall–Kier alpha value is -0.850. The fraction of sp³-hybridized carbons (Fsp3) is 0.636. The molecular formula is C11H16N2O3S. The van der Waals surface area contributed by atoms with Crippen LogP contribution in [0.3, 0.4) is 0 Å². The molecule has 0 fully saturated rings. The molecular weight excluding hydrogens is 240 g/mol. The molecule has 94 valence electrons. The highest BCUT2D eigenvalue weighted by molar-refractivity contribution is 7.98. The first-order valence-corrected chi connectivity index (χ1v) is 6.85. The van der Waals surface area contributed by atoms with Crippen molar-refractivity contribution in [2.45, 2.75) is 31.0 Å². The third kappa shape index (κ3) is 2.53. The summed E-state index contributed by atoms with van der Waals surface area (Å²) in [5, 5.41) is 9.51. The summed E-state index contributed by atoms with van der Waals surface area (Å²) in [5.74, 6) is 0. The second-order valence-corrected chi connectivity index (χ2v) is 4.67. The van der Waals surface area contributed by atoms with Gasteiger partial charge in [0.1, 0.15) is 11.8 Å². The number of hydrogen-bond donors (Lipinski definition) is 1. The monoisotopic (exact) mass is 256 g/mol. The van der Waals surface area contributed by atoms with Gasteiger partial charge in [-0.25, -0.2) is 4.79 Å². The van der Waals surface area contributed by atoms with E-state index in [-0.39, 0.29) is 25.6 Å². The van der Waals surface area contributed by atoms with Gasteiger partial charge in [-0.05, 0) is 25.5 Å². The first kappa shape index (κ1) is 12.6. The lowest BCUT2D eigenvalue weighted by Crippen LogP contribution is -2.28. The molecule has 0 aliphatic heterocycles. The van der Waals surface area contributed by atoms with Crippen LogP contribution in [0.15, 0.2) is 9.82 Å². The molecule has 0 spiro atoms. The van der Waals surface area contributed by atoms with Crippen LogP contribution in [0.4, 0.5) is 0 Å². The van der Waals surface area contributed by atoms with Gasteiger partial charge in [-0.3, -0.25) is 4.57 Å². The molecule has 17 heavy (non-hydrogen) atoms. The predicted molar refractivity (Wildman–Crippen MR) is 65.3 cm³/mol. The highest BCUT2D eigenvalue weighted by Crippen LogP contribution is 2.27. The maximum absolute atomic E-state index is 11.8. The lowest BCUT2D eigenvalue weighted by atomic mass is 10.3. The predicted octanol–water partition coefficient (Wildman–Crippen LogP) is 0.420. The van der Waals surface area contributed by atoms with E-state index >= 15 is 0 Å². The zero-order chi connectivity index (χ0) is 12.3. The largest absolute Gasteiger partial charge is 0.394 e. The number of nitrogens with zero attached hydrogens (tertiary/aromatic N) is 2. The third-order valence-corrected chi connectivity index (χ3v) is 3.57. The van der Waals surface area contributed by atoms with Crippen molar-refractivity contribution in [2.75, 3.05) is 19.5 Å². The lowest BCUT2D eigenvalue weighted by molar-refractivity contribution is 0.0442. The number of aliphatic hydroxyl groups excluding tert-OH is 1. The van der Waals surface area contributed by atoms with Crippen molar-refractivity contribution in [3.63, 3.8) is 0 Å². The number of aromatic nitrogens is 2. The molecule has 1 N–H and O–H groups in total. The van der Waals surface area contributed by atoms with Gasteiger partial charge in [-0.2, -0.15) is 4.98 Å². The van der Waals surface area contributed by atoms with E-state index < -0.39 is 0 Å². The second kappa shape index (κ2) is 5.66. The normalized spacial score (nSPS) is 14.0. The van der Waals surface area contributed by atoms with Crippen LogP contribution in [0.2, 0.25) is 0 Å². The molecule has 2 rings (SSSR count). The van der Waals surface area contributed by atoms with Crippen molar-refractivity contribution >= 4 is 11.8 Å². The summed E-state index contributed by atoms with van der Waals surface area (Å²) >= 11 is 1.52. The van der Waals surface area contributed by atoms with Gasteiger partial charge < -0.3 is 9.84 Å². The van der Waals surface area contributed by atoms with E-state index in [1.165, 1.54) is 17.3 Å². The fourth-order valence-electron chi connectivity index (χ4n) is 2.11. The van der Waals surface area contributed by atoms with Crippen molar-refractivity contribution in [3.8, 4) is 0 Å². The Bertz CT molecular complexity index is 459. The maximum atomic E-state index is 11.8. The van der Waals surface area contributed by atoms with Crippen molar-refractivity contribution in [1.82, 2.24) is 9.55 Å². The molecule has 1 aromatic rings. The quantitative estimate of drug-likeness (QED) is 0.470. The van der Waals surface area contributed by atoms with Crippen LogP contribution >= 0.6 is 11.8 Å². The number of thioether (sulfide) groups is 1. The van der Waals surface area contributed by atoms with E-state index in [4.69, 9.17) is 9.84 Å². The Morgan fingerprint density at radius 3 is 3.06 bits per heavy atom. The molecule has 1 heterocycles. The lowest BCUT2D eigenvalue weighted by Gasteiger charge is -2.13. The zero-order valence-corrected chi connectivity index (χ0v) is 10.6. The fourth-order valence-corrected chi connectivity index (χ4v) is 2.74. The Labute approximate surface area is 104 Å². The van der Waals surface area contributed by atoms with Crippen molar-refractivity contribution in [1.29, 1.82) is 0 Å². The standard InChI is InChI=1S/C11H16N2O3S/c1-17-10-8-3-2-4-9(8)13(11(15)12-10)7-16-6-5-14/h14H,2-7H2,1H3. The van der Waals surface area contributed by atoms with Gasteiger partial charge in [0.15, 0.2) is 0 Å². The van der Waals surface area contributed by atoms with E-state index in [9.17, 15) is 4.79 Å². The number of rotatable bonds is 5. The van der Waals surface area contributed by atoms with Crippen LogP contribution < -0.4 is 5.69 Å². The van der Waals surface area contributed by atoms with Crippen LogP contribution in [0, 0.1) is 0 Å². The van der Waals surface area contributed by atoms with Crippen LogP contribution in [0.5, 0.6) is 0 Å². The number of fused-ring (bicyclic) bond motifs is 1. The van der Waals surface area contributed by atoms with E-state index in [0.717, 1.165) is 30.0 Å². The molecule has 0 saturated heterocycles. The van der Waals surface area contributed by atoms with Gasteiger partial charge in [-0.1, -0.05) is 0 Å². The second-order valence-electron chi connectivity index (χ2n) is 3.87. The van der Waals surface area contributed by atoms with Crippen LogP contribution in [-0.2, 0) is 24.3 Å². The van der Waals surface area contributed by atoms with Crippen LogP contribution in [0.1, 0.15) is 17.7 Å². The smallest absolute Gasteiger partial charge is 0.350 e. The van der Waals surface area contributed by atoms with Crippen molar-refractivity contribution < 1.29 is 9.84 Å². The summed E-state index contributed by atoms with van der Waals surface area (Å²) in [7, 11) is 0. The molecule has 0 bridgehead atoms. The average molecular weight is 256 g/mol. The van der Waals surface area contributed by atoms with E-state index in [0.29, 0.717) is 0 Å². The average Bonchev–Trinajstić information content (AvgIpc) is 2.80. The summed E-state index contributed by atoms with van der Waals surface area (Å²) in [6.45, 7) is 0.391. The highest BCUT2D eigenvalue weighted by atomic mass is 32.2. The number of aliphatic hydroxyl groups is 1. The van der Waals surface area contributed by atoms with Crippen molar-refractivity contribution in [3.05, 3.63) is 21.7 Å². The van der Waals surface area contributed by atoms with Crippen molar-refractivity contribution in [2.24, 2.45) is 0 Å². The first-order valence-electron chi connectivity index (χ1n) is 5.63. The summed E-state index contributed by atoms with van der Waals surface area (Å²) < 4.78 is 6.80. The molecule has 0 atom stereocenters. The van der Waals surface area contributed by atoms with Gasteiger partial charge in [0.2, 0.25) is 0 Å². The van der Waals surface area contributed by atoms with Crippen LogP contribution in [0.25, 0.3) is 0 Å². The zero-order valence-electron chi connectivity index (χ0n) is 9.81. The van der Waals surface area contributed by atoms with Gasteiger partial charge in [0.25, 0.3) is 0 Å². The highest BCUT2D eigenvalue weighted by Gasteiger charge is 2.21. The van der Waals surface area contributed by atoms with Gasteiger partial charge in [0, 0.05) is 11.3 Å². The van der Waals surface area contributed by atoms with Gasteiger partial charge >= 0.3 is 5.69 Å². The molecule has 6 heteroatoms. The molecule has 1 aliphatic rings. The molecule has 1 aliphatic carbocycles. The van der Waals surface area contributed by atoms with Gasteiger partial charge in [0.05, 0.1) is 13.2 Å². The molecule has 0 amide bonds. The minimum Gasteiger partial charge on any atom is -0.394 e. The Morgan fingerprint density at radius 1 is 1.53 bits per heavy atom. The number of ether oxygens (including phenoxy) is 1. The minimum atomic E-state index is -0.257. The summed E-state index contributed by atoms with van der Waals surface area (Å²) in [6.07, 6.45) is 4.89. The first-order chi connectivity index (χ1) is 8.27. The Kier molecular flexibility index (Phi) is 4.20. The Balaban J connectivity index is 2.32. The topological polar surface area (TPSA) is 64.4 Å². The van der Waals surface area contributed by atoms with Gasteiger partial charge in [-0.15, -0.1) is 11.8 Å². The summed E-state index contributed by atoms with van der Waals surface area (Å²) in [5.41, 5.74) is 1.98. The maximum Gasteiger partial charge on any atom is 0.350 e. The SMILES string of the molecule is CSc1nc(=O)n(COCCO)c2c1CCC2. The molecule has 0 radical (unpaired) electrons. The van der Waals surface area contributed by atoms with E-state index in [1.807, 2.05) is 6.26 Å². The molecule has 0 aromatic carbocycles. The minimum absolute atomic E-state index is 0.0345. The Morgan fingerprint density at radius 2 is 2.35 bits per heavy atom. The molecule has 0 saturated carbocycles. The number of hydrogen-bond acceptors (Lipinski definition) is 5. The van der Waals surface area contributed by atoms with E-state index in [2.05, 4.69) is 4.98 Å². The molecule has 5 nitrogen and oxygen atoms in total. The van der Waals surface area contributed by atoms with E-state index in [1.54, 1.807) is 4.57 Å². The summed E-state index contributed by atoms with van der Waals surface area (Å²) in [4.78, 5) is 15.9. The molecule has 0 unspecified atom stereocenters. The third-order valence-electron chi connectivity index (χ3n) is 2.85.